The lowest BCUT2D eigenvalue weighted by Crippen LogP contribution is -2.22. The molecule has 27 heavy (non-hydrogen) atoms. The second-order valence-corrected chi connectivity index (χ2v) is 4.59. The lowest BCUT2D eigenvalue weighted by atomic mass is 10.1. The first-order valence-electron chi connectivity index (χ1n) is 8.31. The number of rotatable bonds is 8. The van der Waals surface area contributed by atoms with E-state index in [9.17, 15) is 9.59 Å². The van der Waals surface area contributed by atoms with Gasteiger partial charge in [0.15, 0.2) is 0 Å². The van der Waals surface area contributed by atoms with Gasteiger partial charge in [-0.1, -0.05) is 38.1 Å². The van der Waals surface area contributed by atoms with E-state index in [0.29, 0.717) is 18.8 Å². The van der Waals surface area contributed by atoms with E-state index >= 15 is 0 Å². The molecule has 0 spiro atoms. The van der Waals surface area contributed by atoms with Crippen LogP contribution in [0.4, 0.5) is 0 Å². The Morgan fingerprint density at radius 3 is 2.22 bits per heavy atom. The predicted octanol–water partition coefficient (Wildman–Crippen LogP) is 1.85. The van der Waals surface area contributed by atoms with Crippen LogP contribution >= 0.6 is 0 Å². The molecule has 0 aliphatic carbocycles. The third-order valence-corrected chi connectivity index (χ3v) is 2.86. The van der Waals surface area contributed by atoms with E-state index in [4.69, 9.17) is 5.11 Å². The molecule has 0 saturated carbocycles. The Morgan fingerprint density at radius 1 is 1.15 bits per heavy atom. The Labute approximate surface area is 159 Å². The van der Waals surface area contributed by atoms with Gasteiger partial charge in [-0.25, -0.2) is 0 Å². The molecular formula is C17H29N7O3. The minimum atomic E-state index is -0.899. The smallest absolute Gasteiger partial charge is 0.303 e. The largest absolute Gasteiger partial charge is 0.481 e. The van der Waals surface area contributed by atoms with Gasteiger partial charge >= 0.3 is 5.97 Å². The lowest BCUT2D eigenvalue weighted by molar-refractivity contribution is -0.137. The number of hydrogen-bond acceptors (Lipinski definition) is 7. The second-order valence-electron chi connectivity index (χ2n) is 4.59. The lowest BCUT2D eigenvalue weighted by Gasteiger charge is -2.06. The Hall–Kier alpha value is -2.98. The van der Waals surface area contributed by atoms with Crippen LogP contribution in [0.2, 0.25) is 0 Å². The van der Waals surface area contributed by atoms with Gasteiger partial charge in [-0.15, -0.1) is 10.2 Å². The van der Waals surface area contributed by atoms with Crippen molar-refractivity contribution in [3.8, 4) is 0 Å². The molecule has 0 aliphatic rings. The van der Waals surface area contributed by atoms with E-state index in [2.05, 4.69) is 44.2 Å². The topological polar surface area (TPSA) is 168 Å². The van der Waals surface area contributed by atoms with Crippen LogP contribution in [0.3, 0.4) is 0 Å². The van der Waals surface area contributed by atoms with Crippen molar-refractivity contribution in [2.24, 2.45) is 32.1 Å². The first kappa shape index (κ1) is 26.3. The van der Waals surface area contributed by atoms with Gasteiger partial charge < -0.3 is 10.4 Å². The number of carboxylic acids is 1. The number of amides is 1. The molecule has 0 radical (unpaired) electrons. The summed E-state index contributed by atoms with van der Waals surface area (Å²) in [4.78, 5) is 21.9. The minimum Gasteiger partial charge on any atom is -0.481 e. The number of carboxylic acid groups (broad SMARTS) is 1. The van der Waals surface area contributed by atoms with Crippen LogP contribution < -0.4 is 17.0 Å². The average molecular weight is 379 g/mol. The van der Waals surface area contributed by atoms with Crippen molar-refractivity contribution in [1.82, 2.24) is 5.32 Å². The zero-order valence-corrected chi connectivity index (χ0v) is 16.1. The number of nitrogens with one attached hydrogen (secondary N) is 1. The third-order valence-electron chi connectivity index (χ3n) is 2.86. The molecule has 10 nitrogen and oxygen atoms in total. The summed E-state index contributed by atoms with van der Waals surface area (Å²) in [5.74, 6) is 7.28. The maximum absolute atomic E-state index is 11.6. The molecule has 1 amide bonds. The van der Waals surface area contributed by atoms with Gasteiger partial charge in [0, 0.05) is 38.7 Å². The van der Waals surface area contributed by atoms with Gasteiger partial charge in [-0.3, -0.25) is 21.3 Å². The van der Waals surface area contributed by atoms with Crippen molar-refractivity contribution in [1.29, 1.82) is 0 Å². The number of hydrogen-bond donors (Lipinski definition) is 4. The fourth-order valence-electron chi connectivity index (χ4n) is 1.76. The molecular weight excluding hydrogens is 350 g/mol. The van der Waals surface area contributed by atoms with Crippen LogP contribution in [0.1, 0.15) is 44.2 Å². The summed E-state index contributed by atoms with van der Waals surface area (Å²) in [7, 11) is 1.53. The van der Waals surface area contributed by atoms with E-state index in [1.54, 1.807) is 12.1 Å². The number of carbonyl (C=O) groups excluding carboxylic acids is 1. The van der Waals surface area contributed by atoms with Crippen LogP contribution in [-0.4, -0.2) is 36.6 Å². The normalized spacial score (nSPS) is 10.2. The van der Waals surface area contributed by atoms with Crippen molar-refractivity contribution in [2.75, 3.05) is 7.05 Å². The summed E-state index contributed by atoms with van der Waals surface area (Å²) in [6.45, 7) is 7.66. The number of hydrazine groups is 1. The summed E-state index contributed by atoms with van der Waals surface area (Å²) >= 11 is 0. The van der Waals surface area contributed by atoms with E-state index in [-0.39, 0.29) is 18.7 Å². The Morgan fingerprint density at radius 2 is 1.74 bits per heavy atom. The van der Waals surface area contributed by atoms with Gasteiger partial charge in [0.05, 0.1) is 0 Å². The standard InChI is InChI=1S/C15H19N5O3.C2H6.H4N2/c1-16-19-15(20-17-2)12-8-6-11(7-9-12)10-18-13(21)4-3-5-14(22)23;2*1-2/h6-9H,1,3-5,10H2,2H3,(H,18,21)(H,22,23);1-2H3;1-2H2/b19-15-,20-17?;;. The molecule has 6 N–H and O–H groups in total. The highest BCUT2D eigenvalue weighted by molar-refractivity contribution is 5.99. The third kappa shape index (κ3) is 13.0. The predicted molar refractivity (Wildman–Crippen MR) is 106 cm³/mol. The fraction of sp³-hybridized carbons (Fsp3) is 0.412. The van der Waals surface area contributed by atoms with Crippen LogP contribution in [-0.2, 0) is 16.1 Å². The quantitative estimate of drug-likeness (QED) is 0.177. The van der Waals surface area contributed by atoms with Gasteiger partial charge in [-0.05, 0) is 12.0 Å². The highest BCUT2D eigenvalue weighted by atomic mass is 16.4. The number of nitrogens with zero attached hydrogens (tertiary/aromatic N) is 4. The molecule has 0 bridgehead atoms. The maximum Gasteiger partial charge on any atom is 0.303 e. The molecule has 0 fully saturated rings. The highest BCUT2D eigenvalue weighted by Crippen LogP contribution is 2.08. The summed E-state index contributed by atoms with van der Waals surface area (Å²) in [5, 5.41) is 26.0. The second kappa shape index (κ2) is 17.8. The number of azo groups is 1. The van der Waals surface area contributed by atoms with Crippen LogP contribution in [0, 0.1) is 0 Å². The van der Waals surface area contributed by atoms with E-state index in [1.165, 1.54) is 7.05 Å². The Balaban J connectivity index is 0. The first-order valence-corrected chi connectivity index (χ1v) is 8.31. The number of amidine groups is 1. The van der Waals surface area contributed by atoms with Crippen molar-refractivity contribution in [2.45, 2.75) is 39.7 Å². The van der Waals surface area contributed by atoms with Crippen molar-refractivity contribution < 1.29 is 14.7 Å². The molecule has 0 atom stereocenters. The SMILES string of the molecule is C=N/N=C(\N=NC)c1ccc(CNC(=O)CCCC(=O)O)cc1.CC.NN. The van der Waals surface area contributed by atoms with Gasteiger partial charge in [0.1, 0.15) is 0 Å². The summed E-state index contributed by atoms with van der Waals surface area (Å²) in [6.07, 6.45) is 0.521. The fourth-order valence-corrected chi connectivity index (χ4v) is 1.76. The minimum absolute atomic E-state index is 0.00640. The molecule has 0 aliphatic heterocycles. The number of carbonyl (C=O) groups is 2. The molecule has 0 aromatic heterocycles. The highest BCUT2D eigenvalue weighted by Gasteiger charge is 2.05. The van der Waals surface area contributed by atoms with Crippen molar-refractivity contribution >= 4 is 24.4 Å². The zero-order chi connectivity index (χ0) is 21.1. The van der Waals surface area contributed by atoms with Crippen LogP contribution in [0.25, 0.3) is 0 Å². The van der Waals surface area contributed by atoms with Crippen LogP contribution in [0.5, 0.6) is 0 Å². The Bertz CT molecular complexity index is 613. The molecule has 1 rings (SSSR count). The molecule has 1 aromatic carbocycles. The van der Waals surface area contributed by atoms with E-state index in [1.807, 2.05) is 26.0 Å². The van der Waals surface area contributed by atoms with Crippen LogP contribution in [0.15, 0.2) is 44.7 Å². The monoisotopic (exact) mass is 379 g/mol. The number of benzene rings is 1. The number of nitrogens with two attached hydrogens (primary N) is 2. The molecule has 0 heterocycles. The molecule has 150 valence electrons. The summed E-state index contributed by atoms with van der Waals surface area (Å²) in [5.41, 5.74) is 1.64. The summed E-state index contributed by atoms with van der Waals surface area (Å²) in [6, 6.07) is 7.25. The molecule has 10 heteroatoms. The van der Waals surface area contributed by atoms with Gasteiger partial charge in [0.25, 0.3) is 0 Å². The zero-order valence-electron chi connectivity index (χ0n) is 16.1. The van der Waals surface area contributed by atoms with Gasteiger partial charge in [-0.2, -0.15) is 10.2 Å². The Kier molecular flexibility index (Phi) is 17.3. The van der Waals surface area contributed by atoms with Gasteiger partial charge in [0.2, 0.25) is 11.7 Å². The maximum atomic E-state index is 11.6. The summed E-state index contributed by atoms with van der Waals surface area (Å²) < 4.78 is 0. The average Bonchev–Trinajstić information content (AvgIpc) is 2.69. The molecule has 0 unspecified atom stereocenters. The first-order chi connectivity index (χ1) is 13.1. The van der Waals surface area contributed by atoms with Crippen molar-refractivity contribution in [3.63, 3.8) is 0 Å². The van der Waals surface area contributed by atoms with E-state index in [0.717, 1.165) is 11.1 Å². The van der Waals surface area contributed by atoms with E-state index < -0.39 is 5.97 Å². The number of aliphatic carboxylic acids is 1. The molecule has 0 saturated heterocycles. The molecule has 1 aromatic rings. The van der Waals surface area contributed by atoms with Crippen molar-refractivity contribution in [3.05, 3.63) is 35.4 Å².